The molecule has 0 nitrogen and oxygen atoms in total. The van der Waals surface area contributed by atoms with Crippen LogP contribution in [0.4, 0.5) is 0 Å². The molecular formula is C18H34S. The third-order valence-electron chi connectivity index (χ3n) is 5.60. The molecule has 0 N–H and O–H groups in total. The Kier molecular flexibility index (Phi) is 7.71. The maximum Gasteiger partial charge on any atom is -0.00695 e. The molecule has 112 valence electrons. The Balaban J connectivity index is 1.71. The summed E-state index contributed by atoms with van der Waals surface area (Å²) in [4.78, 5) is 0. The first-order chi connectivity index (χ1) is 9.38. The smallest absolute Gasteiger partial charge is 0.00695 e. The topological polar surface area (TPSA) is 0 Å². The molecule has 0 aromatic rings. The first kappa shape index (κ1) is 15.7. The second-order valence-corrected chi connectivity index (χ2v) is 7.59. The van der Waals surface area contributed by atoms with Gasteiger partial charge in [0.25, 0.3) is 0 Å². The highest BCUT2D eigenvalue weighted by Gasteiger charge is 2.19. The standard InChI is InChI=1S/C18H34S/c19-15-18-12-6-4-10-17(11-5-7-13-18)14-16-8-2-1-3-9-16/h16-19H,1-15H2. The molecule has 2 aliphatic carbocycles. The molecule has 0 aromatic carbocycles. The van der Waals surface area contributed by atoms with Gasteiger partial charge < -0.3 is 0 Å². The molecule has 0 radical (unpaired) electrons. The summed E-state index contributed by atoms with van der Waals surface area (Å²) in [6.07, 6.45) is 21.0. The van der Waals surface area contributed by atoms with E-state index in [1.165, 1.54) is 83.5 Å². The molecule has 2 fully saturated rings. The highest BCUT2D eigenvalue weighted by Crippen LogP contribution is 2.34. The monoisotopic (exact) mass is 282 g/mol. The lowest BCUT2D eigenvalue weighted by Crippen LogP contribution is -2.14. The lowest BCUT2D eigenvalue weighted by molar-refractivity contribution is 0.254. The van der Waals surface area contributed by atoms with Crippen molar-refractivity contribution in [2.24, 2.45) is 17.8 Å². The van der Waals surface area contributed by atoms with Crippen molar-refractivity contribution in [3.8, 4) is 0 Å². The third-order valence-corrected chi connectivity index (χ3v) is 6.12. The largest absolute Gasteiger partial charge is 0.179 e. The van der Waals surface area contributed by atoms with Crippen molar-refractivity contribution in [2.45, 2.75) is 89.9 Å². The minimum Gasteiger partial charge on any atom is -0.179 e. The molecule has 2 rings (SSSR count). The van der Waals surface area contributed by atoms with E-state index < -0.39 is 0 Å². The lowest BCUT2D eigenvalue weighted by Gasteiger charge is -2.27. The zero-order valence-electron chi connectivity index (χ0n) is 12.8. The van der Waals surface area contributed by atoms with Crippen LogP contribution in [0.25, 0.3) is 0 Å². The Morgan fingerprint density at radius 1 is 0.526 bits per heavy atom. The quantitative estimate of drug-likeness (QED) is 0.581. The van der Waals surface area contributed by atoms with Gasteiger partial charge in [-0.3, -0.25) is 0 Å². The van der Waals surface area contributed by atoms with Gasteiger partial charge in [-0.05, 0) is 42.8 Å². The number of hydrogen-bond donors (Lipinski definition) is 1. The zero-order chi connectivity index (χ0) is 13.3. The SMILES string of the molecule is SCC1CCCCC(CC2CCCCC2)CCCC1. The van der Waals surface area contributed by atoms with Gasteiger partial charge in [-0.15, -0.1) is 0 Å². The summed E-state index contributed by atoms with van der Waals surface area (Å²) < 4.78 is 0. The van der Waals surface area contributed by atoms with Crippen LogP contribution in [0.5, 0.6) is 0 Å². The minimum absolute atomic E-state index is 0.915. The van der Waals surface area contributed by atoms with Crippen molar-refractivity contribution in [1.82, 2.24) is 0 Å². The lowest BCUT2D eigenvalue weighted by atomic mass is 9.79. The summed E-state index contributed by atoms with van der Waals surface area (Å²) in [7, 11) is 0. The summed E-state index contributed by atoms with van der Waals surface area (Å²) in [5.41, 5.74) is 0. The first-order valence-electron chi connectivity index (χ1n) is 8.99. The van der Waals surface area contributed by atoms with E-state index in [0.717, 1.165) is 23.5 Å². The average molecular weight is 283 g/mol. The molecule has 0 heterocycles. The Morgan fingerprint density at radius 3 is 1.32 bits per heavy atom. The van der Waals surface area contributed by atoms with Gasteiger partial charge >= 0.3 is 0 Å². The van der Waals surface area contributed by atoms with Gasteiger partial charge in [-0.1, -0.05) is 70.6 Å². The summed E-state index contributed by atoms with van der Waals surface area (Å²) >= 11 is 4.51. The van der Waals surface area contributed by atoms with E-state index in [9.17, 15) is 0 Å². The fraction of sp³-hybridized carbons (Fsp3) is 1.00. The zero-order valence-corrected chi connectivity index (χ0v) is 13.7. The predicted molar refractivity (Wildman–Crippen MR) is 89.0 cm³/mol. The van der Waals surface area contributed by atoms with E-state index in [0.29, 0.717) is 0 Å². The van der Waals surface area contributed by atoms with Crippen LogP contribution in [0.15, 0.2) is 0 Å². The van der Waals surface area contributed by atoms with E-state index in [-0.39, 0.29) is 0 Å². The van der Waals surface area contributed by atoms with Gasteiger partial charge in [0.05, 0.1) is 0 Å². The number of thiol groups is 1. The molecule has 0 saturated heterocycles. The highest BCUT2D eigenvalue weighted by atomic mass is 32.1. The minimum atomic E-state index is 0.915. The molecule has 0 spiro atoms. The molecule has 2 saturated carbocycles. The number of rotatable bonds is 3. The van der Waals surface area contributed by atoms with Crippen LogP contribution in [0.3, 0.4) is 0 Å². The van der Waals surface area contributed by atoms with E-state index >= 15 is 0 Å². The van der Waals surface area contributed by atoms with E-state index in [2.05, 4.69) is 12.6 Å². The van der Waals surface area contributed by atoms with Gasteiger partial charge in [0.2, 0.25) is 0 Å². The summed E-state index contributed by atoms with van der Waals surface area (Å²) in [5, 5.41) is 0. The fourth-order valence-corrected chi connectivity index (χ4v) is 4.70. The van der Waals surface area contributed by atoms with E-state index in [1.807, 2.05) is 0 Å². The van der Waals surface area contributed by atoms with Crippen molar-refractivity contribution < 1.29 is 0 Å². The van der Waals surface area contributed by atoms with Crippen LogP contribution in [-0.2, 0) is 0 Å². The molecule has 2 aliphatic rings. The molecule has 1 heteroatoms. The summed E-state index contributed by atoms with van der Waals surface area (Å²) in [6, 6.07) is 0. The van der Waals surface area contributed by atoms with Crippen molar-refractivity contribution >= 4 is 12.6 Å². The van der Waals surface area contributed by atoms with Gasteiger partial charge in [0, 0.05) is 0 Å². The van der Waals surface area contributed by atoms with Crippen LogP contribution in [0.2, 0.25) is 0 Å². The van der Waals surface area contributed by atoms with Crippen molar-refractivity contribution in [3.05, 3.63) is 0 Å². The Morgan fingerprint density at radius 2 is 0.895 bits per heavy atom. The highest BCUT2D eigenvalue weighted by molar-refractivity contribution is 7.80. The molecule has 0 aromatic heterocycles. The van der Waals surface area contributed by atoms with Gasteiger partial charge in [-0.2, -0.15) is 12.6 Å². The molecule has 0 atom stereocenters. The van der Waals surface area contributed by atoms with E-state index in [1.54, 1.807) is 6.42 Å². The van der Waals surface area contributed by atoms with Crippen LogP contribution in [0, 0.1) is 17.8 Å². The van der Waals surface area contributed by atoms with Crippen molar-refractivity contribution in [1.29, 1.82) is 0 Å². The van der Waals surface area contributed by atoms with Gasteiger partial charge in [0.1, 0.15) is 0 Å². The molecule has 0 amide bonds. The molecule has 0 unspecified atom stereocenters. The second-order valence-electron chi connectivity index (χ2n) is 7.22. The van der Waals surface area contributed by atoms with Crippen LogP contribution in [0.1, 0.15) is 89.9 Å². The molecule has 0 bridgehead atoms. The van der Waals surface area contributed by atoms with Crippen molar-refractivity contribution in [2.75, 3.05) is 5.75 Å². The Labute approximate surface area is 126 Å². The maximum absolute atomic E-state index is 4.51. The van der Waals surface area contributed by atoms with Crippen LogP contribution < -0.4 is 0 Å². The third kappa shape index (κ3) is 6.10. The first-order valence-corrected chi connectivity index (χ1v) is 9.62. The molecular weight excluding hydrogens is 248 g/mol. The van der Waals surface area contributed by atoms with E-state index in [4.69, 9.17) is 0 Å². The average Bonchev–Trinajstić information content (AvgIpc) is 2.46. The van der Waals surface area contributed by atoms with Crippen molar-refractivity contribution in [3.63, 3.8) is 0 Å². The normalized spacial score (nSPS) is 32.1. The predicted octanol–water partition coefficient (Wildman–Crippen LogP) is 6.25. The van der Waals surface area contributed by atoms with Gasteiger partial charge in [-0.25, -0.2) is 0 Å². The van der Waals surface area contributed by atoms with Gasteiger partial charge in [0.15, 0.2) is 0 Å². The summed E-state index contributed by atoms with van der Waals surface area (Å²) in [5.74, 6) is 4.19. The Bertz CT molecular complexity index is 208. The second kappa shape index (κ2) is 9.32. The molecule has 19 heavy (non-hydrogen) atoms. The maximum atomic E-state index is 4.51. The Hall–Kier alpha value is 0.350. The number of hydrogen-bond acceptors (Lipinski definition) is 1. The van der Waals surface area contributed by atoms with Crippen LogP contribution >= 0.6 is 12.6 Å². The molecule has 0 aliphatic heterocycles. The fourth-order valence-electron chi connectivity index (χ4n) is 4.33. The van der Waals surface area contributed by atoms with Crippen LogP contribution in [-0.4, -0.2) is 5.75 Å². The summed E-state index contributed by atoms with van der Waals surface area (Å²) in [6.45, 7) is 0.